The molecule has 0 saturated carbocycles. The molecule has 7 heteroatoms. The molecule has 2 aromatic carbocycles. The zero-order valence-electron chi connectivity index (χ0n) is 18.5. The molecule has 1 aliphatic rings. The third kappa shape index (κ3) is 6.64. The van der Waals surface area contributed by atoms with E-state index in [0.29, 0.717) is 25.5 Å². The molecule has 0 aliphatic carbocycles. The van der Waals surface area contributed by atoms with Crippen molar-refractivity contribution < 1.29 is 14.3 Å². The molecule has 3 N–H and O–H groups in total. The van der Waals surface area contributed by atoms with Crippen molar-refractivity contribution in [1.29, 1.82) is 0 Å². The molecule has 1 unspecified atom stereocenters. The van der Waals surface area contributed by atoms with Crippen molar-refractivity contribution in [3.8, 4) is 11.5 Å². The second kappa shape index (κ2) is 11.2. The quantitative estimate of drug-likeness (QED) is 0.327. The summed E-state index contributed by atoms with van der Waals surface area (Å²) in [6, 6.07) is 14.0. The van der Waals surface area contributed by atoms with Gasteiger partial charge >= 0.3 is 0 Å². The van der Waals surface area contributed by atoms with Crippen LogP contribution in [0.25, 0.3) is 0 Å². The topological polar surface area (TPSA) is 84.0 Å². The standard InChI is InChI=1S/C24H32N4O3/c1-17(18-4-7-20(30-3)8-5-18)12-13-26-24(25-2)27-14-15-31-21-9-10-22-19(16-21)6-11-23(29)28-22/h4-5,7-10,16-17H,6,11-15H2,1-3H3,(H,28,29)(H2,25,26,27). The molecule has 2 aromatic rings. The number of aliphatic imine (C=N–C) groups is 1. The van der Waals surface area contributed by atoms with Gasteiger partial charge in [-0.3, -0.25) is 9.79 Å². The number of ether oxygens (including phenoxy) is 2. The zero-order chi connectivity index (χ0) is 22.1. The van der Waals surface area contributed by atoms with Crippen LogP contribution in [0.2, 0.25) is 0 Å². The molecule has 1 atom stereocenters. The molecule has 0 saturated heterocycles. The van der Waals surface area contributed by atoms with E-state index in [0.717, 1.165) is 48.1 Å². The monoisotopic (exact) mass is 424 g/mol. The fraction of sp³-hybridized carbons (Fsp3) is 0.417. The molecule has 0 spiro atoms. The Morgan fingerprint density at radius 2 is 1.84 bits per heavy atom. The summed E-state index contributed by atoms with van der Waals surface area (Å²) in [6.07, 6.45) is 2.27. The summed E-state index contributed by atoms with van der Waals surface area (Å²) in [5.74, 6) is 2.96. The Balaban J connectivity index is 1.35. The van der Waals surface area contributed by atoms with Gasteiger partial charge in [-0.2, -0.15) is 0 Å². The minimum atomic E-state index is 0.0719. The van der Waals surface area contributed by atoms with Gasteiger partial charge in [0.15, 0.2) is 5.96 Å². The molecular weight excluding hydrogens is 392 g/mol. The van der Waals surface area contributed by atoms with Gasteiger partial charge < -0.3 is 25.4 Å². The number of amides is 1. The van der Waals surface area contributed by atoms with Gasteiger partial charge in [-0.15, -0.1) is 0 Å². The van der Waals surface area contributed by atoms with Crippen LogP contribution in [0.3, 0.4) is 0 Å². The molecule has 31 heavy (non-hydrogen) atoms. The Hall–Kier alpha value is -3.22. The number of hydrogen-bond acceptors (Lipinski definition) is 4. The molecule has 166 valence electrons. The highest BCUT2D eigenvalue weighted by molar-refractivity contribution is 5.94. The highest BCUT2D eigenvalue weighted by Crippen LogP contribution is 2.26. The molecular formula is C24H32N4O3. The first-order valence-electron chi connectivity index (χ1n) is 10.7. The minimum Gasteiger partial charge on any atom is -0.497 e. The Morgan fingerprint density at radius 1 is 1.10 bits per heavy atom. The van der Waals surface area contributed by atoms with Crippen molar-refractivity contribution >= 4 is 17.6 Å². The van der Waals surface area contributed by atoms with E-state index in [4.69, 9.17) is 9.47 Å². The number of hydrogen-bond donors (Lipinski definition) is 3. The van der Waals surface area contributed by atoms with Crippen LogP contribution in [0.4, 0.5) is 5.69 Å². The first-order chi connectivity index (χ1) is 15.1. The van der Waals surface area contributed by atoms with Crippen LogP contribution < -0.4 is 25.4 Å². The van der Waals surface area contributed by atoms with E-state index in [2.05, 4.69) is 40.0 Å². The van der Waals surface area contributed by atoms with E-state index < -0.39 is 0 Å². The lowest BCUT2D eigenvalue weighted by atomic mass is 9.98. The molecule has 0 fully saturated rings. The van der Waals surface area contributed by atoms with Crippen molar-refractivity contribution in [2.24, 2.45) is 4.99 Å². The average molecular weight is 425 g/mol. The number of aryl methyl sites for hydroxylation is 1. The summed E-state index contributed by atoms with van der Waals surface area (Å²) in [7, 11) is 3.44. The predicted octanol–water partition coefficient (Wildman–Crippen LogP) is 3.32. The first-order valence-corrected chi connectivity index (χ1v) is 10.7. The van der Waals surface area contributed by atoms with E-state index in [1.54, 1.807) is 14.2 Å². The van der Waals surface area contributed by atoms with E-state index in [-0.39, 0.29) is 5.91 Å². The maximum absolute atomic E-state index is 11.4. The van der Waals surface area contributed by atoms with Crippen LogP contribution in [0.15, 0.2) is 47.5 Å². The fourth-order valence-corrected chi connectivity index (χ4v) is 3.51. The molecule has 7 nitrogen and oxygen atoms in total. The van der Waals surface area contributed by atoms with Gasteiger partial charge in [-0.05, 0) is 60.2 Å². The van der Waals surface area contributed by atoms with Gasteiger partial charge in [0.2, 0.25) is 5.91 Å². The lowest BCUT2D eigenvalue weighted by Crippen LogP contribution is -2.39. The van der Waals surface area contributed by atoms with Crippen LogP contribution in [-0.2, 0) is 11.2 Å². The highest BCUT2D eigenvalue weighted by Gasteiger charge is 2.15. The molecule has 0 radical (unpaired) electrons. The van der Waals surface area contributed by atoms with Crippen molar-refractivity contribution in [1.82, 2.24) is 10.6 Å². The normalized spacial score (nSPS) is 14.3. The van der Waals surface area contributed by atoms with E-state index in [1.165, 1.54) is 5.56 Å². The minimum absolute atomic E-state index is 0.0719. The Bertz CT molecular complexity index is 896. The Kier molecular flexibility index (Phi) is 8.15. The molecule has 1 aliphatic heterocycles. The number of carbonyl (C=O) groups excluding carboxylic acids is 1. The van der Waals surface area contributed by atoms with Crippen molar-refractivity contribution in [3.05, 3.63) is 53.6 Å². The zero-order valence-corrected chi connectivity index (χ0v) is 18.5. The van der Waals surface area contributed by atoms with Crippen LogP contribution in [0.1, 0.15) is 36.8 Å². The van der Waals surface area contributed by atoms with Crippen molar-refractivity contribution in [3.63, 3.8) is 0 Å². The van der Waals surface area contributed by atoms with Crippen LogP contribution >= 0.6 is 0 Å². The maximum Gasteiger partial charge on any atom is 0.224 e. The predicted molar refractivity (Wildman–Crippen MR) is 124 cm³/mol. The number of carbonyl (C=O) groups is 1. The second-order valence-corrected chi connectivity index (χ2v) is 7.60. The third-order valence-electron chi connectivity index (χ3n) is 5.41. The van der Waals surface area contributed by atoms with Gasteiger partial charge in [0.05, 0.1) is 13.7 Å². The summed E-state index contributed by atoms with van der Waals surface area (Å²) in [6.45, 7) is 4.21. The number of guanidine groups is 1. The fourth-order valence-electron chi connectivity index (χ4n) is 3.51. The van der Waals surface area contributed by atoms with Crippen LogP contribution in [0, 0.1) is 0 Å². The summed E-state index contributed by atoms with van der Waals surface area (Å²) in [5.41, 5.74) is 3.30. The lowest BCUT2D eigenvalue weighted by molar-refractivity contribution is -0.116. The smallest absolute Gasteiger partial charge is 0.224 e. The summed E-state index contributed by atoms with van der Waals surface area (Å²) in [4.78, 5) is 15.7. The summed E-state index contributed by atoms with van der Waals surface area (Å²) < 4.78 is 11.1. The number of anilines is 1. The summed E-state index contributed by atoms with van der Waals surface area (Å²) in [5, 5.41) is 9.51. The van der Waals surface area contributed by atoms with E-state index >= 15 is 0 Å². The average Bonchev–Trinajstić information content (AvgIpc) is 2.80. The molecule has 0 aromatic heterocycles. The Labute approximate surface area is 184 Å². The highest BCUT2D eigenvalue weighted by atomic mass is 16.5. The van der Waals surface area contributed by atoms with E-state index in [1.807, 2.05) is 30.3 Å². The largest absolute Gasteiger partial charge is 0.497 e. The van der Waals surface area contributed by atoms with Gasteiger partial charge in [0.25, 0.3) is 0 Å². The Morgan fingerprint density at radius 3 is 2.58 bits per heavy atom. The van der Waals surface area contributed by atoms with Crippen LogP contribution in [-0.4, -0.2) is 45.7 Å². The van der Waals surface area contributed by atoms with Gasteiger partial charge in [-0.25, -0.2) is 0 Å². The summed E-state index contributed by atoms with van der Waals surface area (Å²) >= 11 is 0. The number of nitrogens with zero attached hydrogens (tertiary/aromatic N) is 1. The second-order valence-electron chi connectivity index (χ2n) is 7.60. The molecule has 1 amide bonds. The van der Waals surface area contributed by atoms with Crippen molar-refractivity contribution in [2.45, 2.75) is 32.1 Å². The maximum atomic E-state index is 11.4. The molecule has 1 heterocycles. The number of rotatable bonds is 9. The molecule has 0 bridgehead atoms. The van der Waals surface area contributed by atoms with E-state index in [9.17, 15) is 4.79 Å². The van der Waals surface area contributed by atoms with Gasteiger partial charge in [0, 0.05) is 25.7 Å². The third-order valence-corrected chi connectivity index (χ3v) is 5.41. The van der Waals surface area contributed by atoms with Gasteiger partial charge in [0.1, 0.15) is 18.1 Å². The number of methoxy groups -OCH3 is 1. The number of benzene rings is 2. The number of nitrogens with one attached hydrogen (secondary N) is 3. The number of fused-ring (bicyclic) bond motifs is 1. The SMILES string of the molecule is CN=C(NCCOc1ccc2c(c1)CCC(=O)N2)NCCC(C)c1ccc(OC)cc1. The molecule has 3 rings (SSSR count). The lowest BCUT2D eigenvalue weighted by Gasteiger charge is -2.18. The van der Waals surface area contributed by atoms with Crippen LogP contribution in [0.5, 0.6) is 11.5 Å². The van der Waals surface area contributed by atoms with Gasteiger partial charge in [-0.1, -0.05) is 19.1 Å². The van der Waals surface area contributed by atoms with Crippen molar-refractivity contribution in [2.75, 3.05) is 39.2 Å². The first kappa shape index (κ1) is 22.5.